The second kappa shape index (κ2) is 19.0. The number of aliphatic hydroxyl groups is 2. The van der Waals surface area contributed by atoms with E-state index in [0.29, 0.717) is 24.7 Å². The molecule has 10 heteroatoms. The Morgan fingerprint density at radius 2 is 1.67 bits per heavy atom. The first-order valence-electron chi connectivity index (χ1n) is 18.8. The summed E-state index contributed by atoms with van der Waals surface area (Å²) in [5, 5.41) is 29.3. The van der Waals surface area contributed by atoms with Crippen LogP contribution in [0.25, 0.3) is 0 Å². The molecule has 0 bridgehead atoms. The number of nitrogens with zero attached hydrogens (tertiary/aromatic N) is 2. The number of ether oxygens (including phenoxy) is 3. The molecule has 3 aliphatic rings. The number of ketones is 1. The molecule has 6 unspecified atom stereocenters. The van der Waals surface area contributed by atoms with E-state index in [1.807, 2.05) is 59.7 Å². The van der Waals surface area contributed by atoms with Crippen LogP contribution in [0.2, 0.25) is 0 Å². The van der Waals surface area contributed by atoms with E-state index >= 15 is 0 Å². The first-order valence-corrected chi connectivity index (χ1v) is 18.8. The molecular weight excluding hydrogens is 622 g/mol. The topological polar surface area (TPSA) is 134 Å². The van der Waals surface area contributed by atoms with Crippen LogP contribution < -0.4 is 5.41 Å². The molecule has 0 aromatic heterocycles. The summed E-state index contributed by atoms with van der Waals surface area (Å²) in [6.07, 6.45) is 5.30. The Bertz CT molecular complexity index is 1130. The maximum absolute atomic E-state index is 13.6. The van der Waals surface area contributed by atoms with Gasteiger partial charge in [-0.3, -0.25) is 15.0 Å². The van der Waals surface area contributed by atoms with Crippen molar-refractivity contribution in [1.82, 2.24) is 9.80 Å². The number of hydrogen-bond acceptors (Lipinski definition) is 9. The molecule has 0 spiro atoms. The summed E-state index contributed by atoms with van der Waals surface area (Å²) in [4.78, 5) is 31.4. The number of hydrogen-bond donors (Lipinski definition) is 3. The molecule has 280 valence electrons. The second-order valence-electron chi connectivity index (χ2n) is 16.0. The molecule has 3 aliphatic heterocycles. The third-order valence-corrected chi connectivity index (χ3v) is 11.3. The molecule has 4 N–H and O–H groups in total. The number of carbonyl (C=O) groups is 2. The van der Waals surface area contributed by atoms with Crippen molar-refractivity contribution >= 4 is 18.0 Å². The van der Waals surface area contributed by atoms with E-state index < -0.39 is 42.6 Å². The van der Waals surface area contributed by atoms with Gasteiger partial charge in [0.25, 0.3) is 0 Å². The minimum Gasteiger partial charge on any atom is -0.461 e. The van der Waals surface area contributed by atoms with Crippen LogP contribution in [0.4, 0.5) is 0 Å². The van der Waals surface area contributed by atoms with Crippen molar-refractivity contribution in [2.24, 2.45) is 41.4 Å². The van der Waals surface area contributed by atoms with Crippen molar-refractivity contribution in [3.8, 4) is 0 Å². The molecule has 10 nitrogen and oxygen atoms in total. The molecule has 0 aliphatic carbocycles. The first kappa shape index (κ1) is 41.5. The smallest absolute Gasteiger partial charge is 0.308 e. The number of likely N-dealkylation sites (N-methyl/N-ethyl adjacent to an activating group) is 1. The number of rotatable bonds is 8. The van der Waals surface area contributed by atoms with Crippen molar-refractivity contribution < 1.29 is 39.4 Å². The summed E-state index contributed by atoms with van der Waals surface area (Å²) in [6.45, 7) is 19.2. The average molecular weight is 691 g/mol. The molecular formula is C39H68N3O7+. The lowest BCUT2D eigenvalue weighted by Gasteiger charge is -2.47. The Morgan fingerprint density at radius 1 is 1.02 bits per heavy atom. The van der Waals surface area contributed by atoms with Gasteiger partial charge in [-0.1, -0.05) is 59.3 Å². The largest absolute Gasteiger partial charge is 0.461 e. The van der Waals surface area contributed by atoms with Crippen LogP contribution in [0, 0.1) is 41.4 Å². The van der Waals surface area contributed by atoms with Gasteiger partial charge in [-0.25, -0.2) is 0 Å². The molecule has 0 aromatic carbocycles. The predicted octanol–water partition coefficient (Wildman–Crippen LogP) is 3.29. The molecule has 2 fully saturated rings. The van der Waals surface area contributed by atoms with E-state index in [2.05, 4.69) is 25.7 Å². The van der Waals surface area contributed by atoms with E-state index in [-0.39, 0.29) is 48.0 Å². The number of aliphatic hydroxyl groups excluding tert-OH is 2. The Hall–Kier alpha value is -1.95. The molecule has 49 heavy (non-hydrogen) atoms. The minimum atomic E-state index is -1.09. The molecule has 0 aromatic rings. The van der Waals surface area contributed by atoms with Crippen molar-refractivity contribution in [2.75, 3.05) is 33.7 Å². The van der Waals surface area contributed by atoms with Gasteiger partial charge in [-0.2, -0.15) is 0 Å². The summed E-state index contributed by atoms with van der Waals surface area (Å²) < 4.78 is 19.1. The van der Waals surface area contributed by atoms with Gasteiger partial charge in [0, 0.05) is 36.9 Å². The zero-order valence-corrected chi connectivity index (χ0v) is 32.0. The maximum Gasteiger partial charge on any atom is 0.308 e. The highest BCUT2D eigenvalue weighted by molar-refractivity contribution is 5.91. The van der Waals surface area contributed by atoms with Crippen LogP contribution in [-0.2, 0) is 23.8 Å². The van der Waals surface area contributed by atoms with Gasteiger partial charge in [0.15, 0.2) is 12.1 Å². The van der Waals surface area contributed by atoms with Crippen LogP contribution in [0.1, 0.15) is 87.5 Å². The highest BCUT2D eigenvalue weighted by Gasteiger charge is 2.46. The van der Waals surface area contributed by atoms with Gasteiger partial charge in [0.2, 0.25) is 0 Å². The zero-order chi connectivity index (χ0) is 36.6. The fraction of sp³-hybridized carbons (Fsp3) is 0.821. The fourth-order valence-electron chi connectivity index (χ4n) is 8.43. The Balaban J connectivity index is 2.05. The minimum absolute atomic E-state index is 0.00725. The van der Waals surface area contributed by atoms with Gasteiger partial charge in [-0.05, 0) is 84.0 Å². The SMILES string of the molecule is CCC1OC(=O)C[C@@H](O)[C@H](C)[C@@H](OC2OC(C)C(C)C(N(C)C)C2O)[C@@H](CCN2C[C@H](C)C[C@H](C)C2)C[C@@H](C)C(=O)/C=C/C(C)=C/[C@@H]1C=[NH2+]. The predicted molar refractivity (Wildman–Crippen MR) is 192 cm³/mol. The second-order valence-corrected chi connectivity index (χ2v) is 16.0. The lowest BCUT2D eigenvalue weighted by atomic mass is 9.79. The van der Waals surface area contributed by atoms with Crippen LogP contribution in [0.15, 0.2) is 23.8 Å². The van der Waals surface area contributed by atoms with Gasteiger partial charge in [0.05, 0.1) is 30.7 Å². The summed E-state index contributed by atoms with van der Waals surface area (Å²) >= 11 is 0. The average Bonchev–Trinajstić information content (AvgIpc) is 3.03. The quantitative estimate of drug-likeness (QED) is 0.259. The summed E-state index contributed by atoms with van der Waals surface area (Å²) in [6, 6.07) is -0.204. The van der Waals surface area contributed by atoms with Crippen LogP contribution in [0.5, 0.6) is 0 Å². The van der Waals surface area contributed by atoms with Crippen LogP contribution in [0.3, 0.4) is 0 Å². The third-order valence-electron chi connectivity index (χ3n) is 11.3. The third kappa shape index (κ3) is 11.5. The van der Waals surface area contributed by atoms with E-state index in [1.54, 1.807) is 12.2 Å². The standard InChI is InChI=1S/C39H67N3O7/c1-11-34-31(20-40)17-23(2)12-13-32(43)26(5)18-30(14-15-42-21-24(3)16-25(4)22-42)38(28(7)33(44)19-35(45)48-34)49-39-37(46)36(41(9)10)27(6)29(8)47-39/h12-13,17,20,24-31,33-34,36-40,44,46H,11,14-16,18-19,21-22H2,1-10H3/p+1/b13-12+,23-17+,40-20?/t24-,25+,26-,27?,28+,29?,30+,31-,33-,34?,36?,37?,38-,39?/m1/s1. The number of piperidine rings is 1. The zero-order valence-electron chi connectivity index (χ0n) is 32.0. The van der Waals surface area contributed by atoms with E-state index in [0.717, 1.165) is 31.6 Å². The molecule has 0 saturated carbocycles. The first-order chi connectivity index (χ1) is 23.1. The molecule has 0 amide bonds. The fourth-order valence-corrected chi connectivity index (χ4v) is 8.43. The number of esters is 1. The van der Waals surface area contributed by atoms with Crippen molar-refractivity contribution in [2.45, 2.75) is 130 Å². The van der Waals surface area contributed by atoms with Crippen molar-refractivity contribution in [1.29, 1.82) is 0 Å². The number of carbonyl (C=O) groups excluding carboxylic acids is 2. The van der Waals surface area contributed by atoms with Crippen LogP contribution in [-0.4, -0.2) is 115 Å². The molecule has 3 heterocycles. The Morgan fingerprint density at radius 3 is 2.27 bits per heavy atom. The van der Waals surface area contributed by atoms with E-state index in [4.69, 9.17) is 19.6 Å². The monoisotopic (exact) mass is 691 g/mol. The van der Waals surface area contributed by atoms with E-state index in [1.165, 1.54) is 12.6 Å². The number of nitrogens with two attached hydrogens (primary N) is 1. The lowest BCUT2D eigenvalue weighted by molar-refractivity contribution is -0.295. The molecule has 2 saturated heterocycles. The maximum atomic E-state index is 13.6. The van der Waals surface area contributed by atoms with Gasteiger partial charge < -0.3 is 34.2 Å². The lowest BCUT2D eigenvalue weighted by Crippen LogP contribution is -2.60. The number of cyclic esters (lactones) is 1. The molecule has 3 rings (SSSR count). The summed E-state index contributed by atoms with van der Waals surface area (Å²) in [7, 11) is 3.89. The number of allylic oxidation sites excluding steroid dienone is 3. The van der Waals surface area contributed by atoms with Crippen molar-refractivity contribution in [3.05, 3.63) is 23.8 Å². The Kier molecular flexibility index (Phi) is 16.1. The normalized spacial score (nSPS) is 42.7. The molecule has 14 atom stereocenters. The number of likely N-dealkylation sites (tertiary alicyclic amines) is 1. The van der Waals surface area contributed by atoms with Gasteiger partial charge in [-0.15, -0.1) is 0 Å². The van der Waals surface area contributed by atoms with Crippen LogP contribution >= 0.6 is 0 Å². The van der Waals surface area contributed by atoms with E-state index in [9.17, 15) is 19.8 Å². The summed E-state index contributed by atoms with van der Waals surface area (Å²) in [5.41, 5.74) is 0.843. The Labute approximate surface area is 296 Å². The van der Waals surface area contributed by atoms with Crippen molar-refractivity contribution in [3.63, 3.8) is 0 Å². The highest BCUT2D eigenvalue weighted by atomic mass is 16.7. The van der Waals surface area contributed by atoms with Gasteiger partial charge in [0.1, 0.15) is 18.4 Å². The highest BCUT2D eigenvalue weighted by Crippen LogP contribution is 2.36. The van der Waals surface area contributed by atoms with Gasteiger partial charge >= 0.3 is 5.97 Å². The summed E-state index contributed by atoms with van der Waals surface area (Å²) in [5.74, 6) is -0.636. The molecule has 0 radical (unpaired) electrons.